The minimum atomic E-state index is -0.118. The largest absolute Gasteiger partial charge is 0.356 e. The van der Waals surface area contributed by atoms with Crippen molar-refractivity contribution in [1.29, 1.82) is 0 Å². The van der Waals surface area contributed by atoms with Crippen molar-refractivity contribution >= 4 is 17.7 Å². The molecule has 2 aliphatic rings. The van der Waals surface area contributed by atoms with Gasteiger partial charge in [-0.2, -0.15) is 0 Å². The molecule has 2 fully saturated rings. The first-order chi connectivity index (χ1) is 10.8. The van der Waals surface area contributed by atoms with E-state index >= 15 is 0 Å². The van der Waals surface area contributed by atoms with Crippen LogP contribution in [0.15, 0.2) is 12.4 Å². The summed E-state index contributed by atoms with van der Waals surface area (Å²) in [6, 6.07) is 2.12. The highest BCUT2D eigenvalue weighted by Gasteiger charge is 2.23. The van der Waals surface area contributed by atoms with E-state index in [2.05, 4.69) is 36.5 Å². The number of carbonyl (C=O) groups excluding carboxylic acids is 1. The molecule has 22 heavy (non-hydrogen) atoms. The summed E-state index contributed by atoms with van der Waals surface area (Å²) >= 11 is 0. The molecular weight excluding hydrogens is 280 g/mol. The number of hydrogen-bond acceptors (Lipinski definition) is 5. The van der Waals surface area contributed by atoms with Crippen LogP contribution < -0.4 is 20.4 Å². The molecule has 1 aromatic rings. The minimum Gasteiger partial charge on any atom is -0.356 e. The van der Waals surface area contributed by atoms with Gasteiger partial charge in [0.15, 0.2) is 0 Å². The van der Waals surface area contributed by atoms with Crippen molar-refractivity contribution < 1.29 is 4.79 Å². The second kappa shape index (κ2) is 6.81. The lowest BCUT2D eigenvalue weighted by Gasteiger charge is -2.34. The predicted molar refractivity (Wildman–Crippen MR) is 86.3 cm³/mol. The van der Waals surface area contributed by atoms with E-state index in [-0.39, 0.29) is 12.1 Å². The Kier molecular flexibility index (Phi) is 4.60. The molecule has 0 aromatic carbocycles. The molecule has 1 aromatic heterocycles. The number of aromatic nitrogens is 2. The van der Waals surface area contributed by atoms with Crippen molar-refractivity contribution in [3.8, 4) is 0 Å². The van der Waals surface area contributed by atoms with Crippen molar-refractivity contribution in [1.82, 2.24) is 20.6 Å². The Labute approximate surface area is 131 Å². The molecule has 0 saturated carbocycles. The fourth-order valence-corrected chi connectivity index (χ4v) is 3.19. The number of piperidine rings is 1. The number of urea groups is 1. The number of anilines is 2. The fraction of sp³-hybridized carbons (Fsp3) is 0.667. The summed E-state index contributed by atoms with van der Waals surface area (Å²) < 4.78 is 0. The van der Waals surface area contributed by atoms with Gasteiger partial charge in [0.2, 0.25) is 0 Å². The molecule has 0 aliphatic carbocycles. The second-order valence-corrected chi connectivity index (χ2v) is 5.94. The lowest BCUT2D eigenvalue weighted by Crippen LogP contribution is -2.50. The maximum Gasteiger partial charge on any atom is 0.314 e. The highest BCUT2D eigenvalue weighted by Crippen LogP contribution is 2.23. The van der Waals surface area contributed by atoms with Gasteiger partial charge in [-0.3, -0.25) is 0 Å². The Morgan fingerprint density at radius 1 is 1.14 bits per heavy atom. The van der Waals surface area contributed by atoms with Crippen LogP contribution in [0.1, 0.15) is 25.7 Å². The van der Waals surface area contributed by atoms with E-state index in [0.29, 0.717) is 0 Å². The molecule has 1 atom stereocenters. The third-order valence-corrected chi connectivity index (χ3v) is 4.38. The summed E-state index contributed by atoms with van der Waals surface area (Å²) in [5.41, 5.74) is 0. The highest BCUT2D eigenvalue weighted by molar-refractivity contribution is 5.73. The van der Waals surface area contributed by atoms with E-state index in [1.807, 2.05) is 0 Å². The standard InChI is InChI=1S/C15H24N6O/c1-16-15(22)19-12-5-4-8-21(10-12)14-9-13(17-11-18-14)20-6-2-3-7-20/h9,11-12H,2-8,10H2,1H3,(H2,16,19,22)/t12-/m0/s1. The van der Waals surface area contributed by atoms with Gasteiger partial charge in [0.25, 0.3) is 0 Å². The van der Waals surface area contributed by atoms with Crippen molar-refractivity contribution in [2.45, 2.75) is 31.7 Å². The molecular formula is C15H24N6O. The number of nitrogens with one attached hydrogen (secondary N) is 2. The summed E-state index contributed by atoms with van der Waals surface area (Å²) in [6.07, 6.45) is 6.19. The van der Waals surface area contributed by atoms with Gasteiger partial charge in [0.1, 0.15) is 18.0 Å². The number of rotatable bonds is 3. The SMILES string of the molecule is CNC(=O)N[C@H]1CCCN(c2cc(N3CCCC3)ncn2)C1. The van der Waals surface area contributed by atoms with Crippen LogP contribution in [-0.2, 0) is 0 Å². The van der Waals surface area contributed by atoms with Crippen molar-refractivity contribution in [2.75, 3.05) is 43.0 Å². The van der Waals surface area contributed by atoms with E-state index in [9.17, 15) is 4.79 Å². The molecule has 120 valence electrons. The van der Waals surface area contributed by atoms with Crippen LogP contribution in [0.5, 0.6) is 0 Å². The summed E-state index contributed by atoms with van der Waals surface area (Å²) in [5, 5.41) is 5.60. The van der Waals surface area contributed by atoms with Crippen LogP contribution in [0.25, 0.3) is 0 Å². The van der Waals surface area contributed by atoms with Crippen LogP contribution in [0.2, 0.25) is 0 Å². The quantitative estimate of drug-likeness (QED) is 0.870. The number of hydrogen-bond donors (Lipinski definition) is 2. The number of amides is 2. The van der Waals surface area contributed by atoms with Gasteiger partial charge in [-0.25, -0.2) is 14.8 Å². The molecule has 2 amide bonds. The Hall–Kier alpha value is -2.05. The average molecular weight is 304 g/mol. The van der Waals surface area contributed by atoms with Crippen molar-refractivity contribution in [3.63, 3.8) is 0 Å². The monoisotopic (exact) mass is 304 g/mol. The molecule has 0 unspecified atom stereocenters. The molecule has 7 heteroatoms. The smallest absolute Gasteiger partial charge is 0.314 e. The van der Waals surface area contributed by atoms with Crippen LogP contribution in [0.4, 0.5) is 16.4 Å². The van der Waals surface area contributed by atoms with Crippen LogP contribution in [0.3, 0.4) is 0 Å². The van der Waals surface area contributed by atoms with Crippen molar-refractivity contribution in [2.24, 2.45) is 0 Å². The molecule has 2 N–H and O–H groups in total. The number of carbonyl (C=O) groups is 1. The zero-order valence-corrected chi connectivity index (χ0v) is 13.1. The summed E-state index contributed by atoms with van der Waals surface area (Å²) in [4.78, 5) is 24.9. The molecule has 0 bridgehead atoms. The van der Waals surface area contributed by atoms with E-state index in [0.717, 1.165) is 50.7 Å². The fourth-order valence-electron chi connectivity index (χ4n) is 3.19. The number of nitrogens with zero attached hydrogens (tertiary/aromatic N) is 4. The van der Waals surface area contributed by atoms with Gasteiger partial charge in [-0.15, -0.1) is 0 Å². The van der Waals surface area contributed by atoms with Gasteiger partial charge in [-0.05, 0) is 25.7 Å². The summed E-state index contributed by atoms with van der Waals surface area (Å²) in [6.45, 7) is 3.93. The second-order valence-electron chi connectivity index (χ2n) is 5.94. The van der Waals surface area contributed by atoms with Crippen LogP contribution in [-0.4, -0.2) is 55.3 Å². The molecule has 0 spiro atoms. The molecule has 3 rings (SSSR count). The minimum absolute atomic E-state index is 0.118. The van der Waals surface area contributed by atoms with Crippen molar-refractivity contribution in [3.05, 3.63) is 12.4 Å². The first-order valence-electron chi connectivity index (χ1n) is 8.06. The molecule has 7 nitrogen and oxygen atoms in total. The third kappa shape index (κ3) is 3.40. The Morgan fingerprint density at radius 2 is 1.82 bits per heavy atom. The average Bonchev–Trinajstić information content (AvgIpc) is 3.10. The summed E-state index contributed by atoms with van der Waals surface area (Å²) in [5.74, 6) is 1.98. The maximum atomic E-state index is 11.5. The normalized spacial score (nSPS) is 21.8. The third-order valence-electron chi connectivity index (χ3n) is 4.38. The van der Waals surface area contributed by atoms with Gasteiger partial charge in [0.05, 0.1) is 0 Å². The molecule has 2 saturated heterocycles. The Balaban J connectivity index is 1.67. The zero-order chi connectivity index (χ0) is 15.4. The Bertz CT molecular complexity index is 517. The maximum absolute atomic E-state index is 11.5. The molecule has 3 heterocycles. The predicted octanol–water partition coefficient (Wildman–Crippen LogP) is 0.975. The topological polar surface area (TPSA) is 73.4 Å². The summed E-state index contributed by atoms with van der Waals surface area (Å²) in [7, 11) is 1.64. The van der Waals surface area contributed by atoms with Gasteiger partial charge in [0, 0.05) is 45.3 Å². The van der Waals surface area contributed by atoms with Gasteiger partial charge < -0.3 is 20.4 Å². The Morgan fingerprint density at radius 3 is 2.55 bits per heavy atom. The first kappa shape index (κ1) is 14.9. The zero-order valence-electron chi connectivity index (χ0n) is 13.1. The molecule has 0 radical (unpaired) electrons. The highest BCUT2D eigenvalue weighted by atomic mass is 16.2. The lowest BCUT2D eigenvalue weighted by molar-refractivity contribution is 0.237. The first-order valence-corrected chi connectivity index (χ1v) is 8.06. The van der Waals surface area contributed by atoms with Gasteiger partial charge >= 0.3 is 6.03 Å². The van der Waals surface area contributed by atoms with Gasteiger partial charge in [-0.1, -0.05) is 0 Å². The van der Waals surface area contributed by atoms with E-state index < -0.39 is 0 Å². The lowest BCUT2D eigenvalue weighted by atomic mass is 10.1. The van der Waals surface area contributed by atoms with E-state index in [1.165, 1.54) is 12.8 Å². The van der Waals surface area contributed by atoms with E-state index in [1.54, 1.807) is 13.4 Å². The van der Waals surface area contributed by atoms with Crippen LogP contribution >= 0.6 is 0 Å². The van der Waals surface area contributed by atoms with Crippen LogP contribution in [0, 0.1) is 0 Å². The molecule has 2 aliphatic heterocycles. The van der Waals surface area contributed by atoms with E-state index in [4.69, 9.17) is 0 Å².